The van der Waals surface area contributed by atoms with Gasteiger partial charge in [-0.05, 0) is 31.2 Å². The summed E-state index contributed by atoms with van der Waals surface area (Å²) in [5.74, 6) is 0.0941. The molecule has 0 spiro atoms. The first kappa shape index (κ1) is 13.0. The molecule has 0 amide bonds. The van der Waals surface area contributed by atoms with Crippen molar-refractivity contribution in [2.24, 2.45) is 0 Å². The Morgan fingerprint density at radius 3 is 2.59 bits per heavy atom. The van der Waals surface area contributed by atoms with E-state index in [1.54, 1.807) is 38.3 Å². The Bertz CT molecular complexity index is 397. The smallest absolute Gasteiger partial charge is 0.396 e. The molecule has 0 aliphatic rings. The highest BCUT2D eigenvalue weighted by atomic mass is 16.5. The standard InChI is InChI=1S/C12H15NO4/c1-3-17-12(14)9-13(15)8-10-4-6-11(16-2)7-5-10/h4-7,9H,3,8H2,1-2H3/b13-9+. The van der Waals surface area contributed by atoms with Crippen LogP contribution in [0.3, 0.4) is 0 Å². The summed E-state index contributed by atoms with van der Waals surface area (Å²) in [6.45, 7) is 2.04. The van der Waals surface area contributed by atoms with E-state index in [0.717, 1.165) is 17.5 Å². The zero-order valence-electron chi connectivity index (χ0n) is 9.88. The van der Waals surface area contributed by atoms with Gasteiger partial charge in [-0.1, -0.05) is 0 Å². The number of ether oxygens (including phenoxy) is 2. The SMILES string of the molecule is CCOC(=O)/C=[N+](/[O-])Cc1ccc(OC)cc1. The molecule has 0 N–H and O–H groups in total. The first-order chi connectivity index (χ1) is 8.15. The molecule has 0 saturated heterocycles. The number of benzene rings is 1. The number of rotatable bonds is 5. The second kappa shape index (κ2) is 6.52. The van der Waals surface area contributed by atoms with Crippen LogP contribution < -0.4 is 4.74 Å². The van der Waals surface area contributed by atoms with Crippen molar-refractivity contribution in [3.05, 3.63) is 35.0 Å². The fourth-order valence-corrected chi connectivity index (χ4v) is 1.25. The molecule has 5 nitrogen and oxygen atoms in total. The number of carbonyl (C=O) groups excluding carboxylic acids is 1. The number of methoxy groups -OCH3 is 1. The molecule has 1 aromatic carbocycles. The molecule has 0 radical (unpaired) electrons. The zero-order chi connectivity index (χ0) is 12.7. The van der Waals surface area contributed by atoms with E-state index >= 15 is 0 Å². The number of nitrogens with zero attached hydrogens (tertiary/aromatic N) is 1. The molecule has 1 rings (SSSR count). The molecule has 0 bridgehead atoms. The first-order valence-corrected chi connectivity index (χ1v) is 5.24. The van der Waals surface area contributed by atoms with Crippen LogP contribution >= 0.6 is 0 Å². The number of carbonyl (C=O) groups is 1. The Morgan fingerprint density at radius 2 is 2.06 bits per heavy atom. The lowest BCUT2D eigenvalue weighted by atomic mass is 10.2. The normalized spacial score (nSPS) is 11.1. The second-order valence-corrected chi connectivity index (χ2v) is 3.30. The summed E-state index contributed by atoms with van der Waals surface area (Å²) in [6.07, 6.45) is 0.897. The van der Waals surface area contributed by atoms with Gasteiger partial charge in [0.15, 0.2) is 6.54 Å². The molecule has 0 aliphatic heterocycles. The number of hydrogen-bond acceptors (Lipinski definition) is 4. The maximum absolute atomic E-state index is 11.4. The Hall–Kier alpha value is -2.04. The van der Waals surface area contributed by atoms with Crippen molar-refractivity contribution in [3.63, 3.8) is 0 Å². The van der Waals surface area contributed by atoms with Crippen molar-refractivity contribution in [1.82, 2.24) is 0 Å². The maximum Gasteiger partial charge on any atom is 0.396 e. The van der Waals surface area contributed by atoms with E-state index in [1.807, 2.05) is 0 Å². The minimum atomic E-state index is -0.629. The third-order valence-corrected chi connectivity index (χ3v) is 2.03. The molecule has 0 unspecified atom stereocenters. The Kier molecular flexibility index (Phi) is 5.00. The van der Waals surface area contributed by atoms with Gasteiger partial charge in [-0.2, -0.15) is 0 Å². The molecule has 1 aromatic rings. The Balaban J connectivity index is 2.60. The van der Waals surface area contributed by atoms with Gasteiger partial charge in [0.05, 0.1) is 13.7 Å². The van der Waals surface area contributed by atoms with Gasteiger partial charge in [-0.15, -0.1) is 0 Å². The van der Waals surface area contributed by atoms with Gasteiger partial charge < -0.3 is 14.7 Å². The lowest BCUT2D eigenvalue weighted by Crippen LogP contribution is -2.14. The number of hydrogen-bond donors (Lipinski definition) is 0. The lowest BCUT2D eigenvalue weighted by molar-refractivity contribution is -0.469. The van der Waals surface area contributed by atoms with E-state index in [1.165, 1.54) is 0 Å². The fourth-order valence-electron chi connectivity index (χ4n) is 1.25. The van der Waals surface area contributed by atoms with Crippen LogP contribution in [0.2, 0.25) is 0 Å². The van der Waals surface area contributed by atoms with E-state index in [2.05, 4.69) is 4.74 Å². The van der Waals surface area contributed by atoms with Gasteiger partial charge in [-0.3, -0.25) is 0 Å². The van der Waals surface area contributed by atoms with Crippen LogP contribution in [0.5, 0.6) is 5.75 Å². The molecule has 0 fully saturated rings. The highest BCUT2D eigenvalue weighted by molar-refractivity contribution is 6.20. The summed E-state index contributed by atoms with van der Waals surface area (Å²) in [7, 11) is 1.57. The summed E-state index contributed by atoms with van der Waals surface area (Å²) in [4.78, 5) is 11.0. The molecule has 0 atom stereocenters. The highest BCUT2D eigenvalue weighted by Crippen LogP contribution is 2.11. The van der Waals surface area contributed by atoms with Gasteiger partial charge in [0, 0.05) is 5.56 Å². The van der Waals surface area contributed by atoms with E-state index in [4.69, 9.17) is 4.74 Å². The highest BCUT2D eigenvalue weighted by Gasteiger charge is 2.04. The van der Waals surface area contributed by atoms with Crippen LogP contribution in [-0.4, -0.2) is 30.6 Å². The largest absolute Gasteiger partial charge is 0.623 e. The van der Waals surface area contributed by atoms with Crippen LogP contribution in [-0.2, 0) is 16.1 Å². The predicted molar refractivity (Wildman–Crippen MR) is 63.0 cm³/mol. The van der Waals surface area contributed by atoms with Crippen molar-refractivity contribution < 1.29 is 19.0 Å². The first-order valence-electron chi connectivity index (χ1n) is 5.24. The second-order valence-electron chi connectivity index (χ2n) is 3.30. The van der Waals surface area contributed by atoms with Crippen molar-refractivity contribution in [2.45, 2.75) is 13.5 Å². The summed E-state index contributed by atoms with van der Waals surface area (Å²) in [5, 5.41) is 11.4. The third-order valence-electron chi connectivity index (χ3n) is 2.03. The quantitative estimate of drug-likeness (QED) is 0.255. The summed E-state index contributed by atoms with van der Waals surface area (Å²) >= 11 is 0. The van der Waals surface area contributed by atoms with Crippen molar-refractivity contribution >= 4 is 12.2 Å². The van der Waals surface area contributed by atoms with Crippen LogP contribution in [0.4, 0.5) is 0 Å². The minimum absolute atomic E-state index is 0.100. The van der Waals surface area contributed by atoms with Gasteiger partial charge in [0.1, 0.15) is 5.75 Å². The van der Waals surface area contributed by atoms with Gasteiger partial charge >= 0.3 is 5.97 Å². The van der Waals surface area contributed by atoms with Crippen molar-refractivity contribution in [2.75, 3.05) is 13.7 Å². The molecular formula is C12H15NO4. The topological polar surface area (TPSA) is 61.6 Å². The van der Waals surface area contributed by atoms with E-state index < -0.39 is 5.97 Å². The summed E-state index contributed by atoms with van der Waals surface area (Å²) in [6, 6.07) is 7.05. The van der Waals surface area contributed by atoms with Gasteiger partial charge in [-0.25, -0.2) is 9.53 Å². The third kappa shape index (κ3) is 4.55. The Morgan fingerprint density at radius 1 is 1.41 bits per heavy atom. The predicted octanol–water partition coefficient (Wildman–Crippen LogP) is 1.34. The average molecular weight is 237 g/mol. The van der Waals surface area contributed by atoms with Crippen molar-refractivity contribution in [3.8, 4) is 5.75 Å². The fraction of sp³-hybridized carbons (Fsp3) is 0.333. The molecular weight excluding hydrogens is 222 g/mol. The van der Waals surface area contributed by atoms with E-state index in [9.17, 15) is 10.0 Å². The maximum atomic E-state index is 11.4. The molecule has 0 aromatic heterocycles. The zero-order valence-corrected chi connectivity index (χ0v) is 9.88. The lowest BCUT2D eigenvalue weighted by Gasteiger charge is -2.05. The number of esters is 1. The van der Waals surface area contributed by atoms with E-state index in [0.29, 0.717) is 4.74 Å². The van der Waals surface area contributed by atoms with Gasteiger partial charge in [0.25, 0.3) is 6.21 Å². The molecule has 0 aliphatic carbocycles. The van der Waals surface area contributed by atoms with Crippen LogP contribution in [0, 0.1) is 5.21 Å². The van der Waals surface area contributed by atoms with Gasteiger partial charge in [0.2, 0.25) is 0 Å². The molecule has 5 heteroatoms. The average Bonchev–Trinajstić information content (AvgIpc) is 2.30. The van der Waals surface area contributed by atoms with E-state index in [-0.39, 0.29) is 13.2 Å². The molecule has 0 saturated carbocycles. The van der Waals surface area contributed by atoms with Crippen LogP contribution in [0.1, 0.15) is 12.5 Å². The monoisotopic (exact) mass is 237 g/mol. The summed E-state index contributed by atoms with van der Waals surface area (Å²) in [5.41, 5.74) is 0.793. The Labute approximate surface area is 99.9 Å². The van der Waals surface area contributed by atoms with Crippen LogP contribution in [0.15, 0.2) is 24.3 Å². The molecule has 0 heterocycles. The number of hydroxylamine groups is 1. The minimum Gasteiger partial charge on any atom is -0.623 e. The van der Waals surface area contributed by atoms with Crippen LogP contribution in [0.25, 0.3) is 0 Å². The molecule has 92 valence electrons. The molecule has 17 heavy (non-hydrogen) atoms. The van der Waals surface area contributed by atoms with Crippen molar-refractivity contribution in [1.29, 1.82) is 0 Å². The summed E-state index contributed by atoms with van der Waals surface area (Å²) < 4.78 is 10.2.